The first kappa shape index (κ1) is 15.2. The smallest absolute Gasteiger partial charge is 0.245 e. The normalized spacial score (nSPS) is 10.2. The predicted molar refractivity (Wildman–Crippen MR) is 68.5 cm³/mol. The molecular formula is C12H19N3O4. The van der Waals surface area contributed by atoms with E-state index in [1.165, 1.54) is 24.2 Å². The van der Waals surface area contributed by atoms with Gasteiger partial charge in [0.1, 0.15) is 6.26 Å². The van der Waals surface area contributed by atoms with Crippen molar-refractivity contribution in [3.05, 3.63) is 12.3 Å². The molecule has 1 aromatic heterocycles. The number of hydrogen-bond donors (Lipinski definition) is 1. The molecule has 2 amide bonds. The molecule has 0 aromatic carbocycles. The number of carbonyl (C=O) groups is 2. The van der Waals surface area contributed by atoms with Crippen LogP contribution >= 0.6 is 0 Å². The van der Waals surface area contributed by atoms with Gasteiger partial charge in [-0.2, -0.15) is 0 Å². The summed E-state index contributed by atoms with van der Waals surface area (Å²) in [4.78, 5) is 24.6. The van der Waals surface area contributed by atoms with Crippen molar-refractivity contribution in [1.82, 2.24) is 10.1 Å². The van der Waals surface area contributed by atoms with Gasteiger partial charge in [0, 0.05) is 32.7 Å². The first-order valence-electron chi connectivity index (χ1n) is 6.17. The lowest BCUT2D eigenvalue weighted by Crippen LogP contribution is -2.37. The first-order valence-corrected chi connectivity index (χ1v) is 6.17. The molecule has 0 aliphatic heterocycles. The summed E-state index contributed by atoms with van der Waals surface area (Å²) in [5.41, 5.74) is 0. The van der Waals surface area contributed by atoms with Gasteiger partial charge < -0.3 is 19.5 Å². The van der Waals surface area contributed by atoms with Crippen LogP contribution in [0.4, 0.5) is 5.82 Å². The Labute approximate surface area is 111 Å². The molecule has 106 valence electrons. The molecule has 1 N–H and O–H groups in total. The quantitative estimate of drug-likeness (QED) is 0.708. The molecule has 0 radical (unpaired) electrons. The van der Waals surface area contributed by atoms with E-state index in [0.717, 1.165) is 0 Å². The number of aromatic nitrogens is 1. The van der Waals surface area contributed by atoms with Crippen LogP contribution in [-0.4, -0.2) is 48.2 Å². The van der Waals surface area contributed by atoms with Crippen molar-refractivity contribution in [2.24, 2.45) is 0 Å². The van der Waals surface area contributed by atoms with Crippen LogP contribution in [0.2, 0.25) is 0 Å². The van der Waals surface area contributed by atoms with Gasteiger partial charge in [-0.15, -0.1) is 0 Å². The van der Waals surface area contributed by atoms with Crippen molar-refractivity contribution in [2.75, 3.05) is 31.6 Å². The zero-order valence-electron chi connectivity index (χ0n) is 11.2. The van der Waals surface area contributed by atoms with Crippen molar-refractivity contribution in [3.8, 4) is 0 Å². The number of hydrogen-bond acceptors (Lipinski definition) is 5. The summed E-state index contributed by atoms with van der Waals surface area (Å²) in [6.45, 7) is 5.05. The van der Waals surface area contributed by atoms with Crippen LogP contribution < -0.4 is 5.32 Å². The van der Waals surface area contributed by atoms with Crippen LogP contribution in [0.3, 0.4) is 0 Å². The van der Waals surface area contributed by atoms with Gasteiger partial charge in [0.2, 0.25) is 11.8 Å². The maximum Gasteiger partial charge on any atom is 0.245 e. The molecular weight excluding hydrogens is 250 g/mol. The van der Waals surface area contributed by atoms with Crippen LogP contribution in [0.25, 0.3) is 0 Å². The second-order valence-corrected chi connectivity index (χ2v) is 3.92. The highest BCUT2D eigenvalue weighted by Gasteiger charge is 2.14. The van der Waals surface area contributed by atoms with Crippen molar-refractivity contribution < 1.29 is 18.8 Å². The molecule has 0 aliphatic carbocycles. The number of amides is 2. The van der Waals surface area contributed by atoms with E-state index in [-0.39, 0.29) is 18.4 Å². The van der Waals surface area contributed by atoms with E-state index >= 15 is 0 Å². The predicted octanol–water partition coefficient (Wildman–Crippen LogP) is 0.888. The molecule has 1 heterocycles. The molecule has 0 bridgehead atoms. The van der Waals surface area contributed by atoms with E-state index in [1.807, 2.05) is 6.92 Å². The van der Waals surface area contributed by atoms with E-state index < -0.39 is 0 Å². The van der Waals surface area contributed by atoms with Gasteiger partial charge in [-0.1, -0.05) is 5.16 Å². The summed E-state index contributed by atoms with van der Waals surface area (Å²) in [5.74, 6) is -0.116. The topological polar surface area (TPSA) is 84.7 Å². The molecule has 0 unspecified atom stereocenters. The van der Waals surface area contributed by atoms with Gasteiger partial charge in [-0.3, -0.25) is 9.59 Å². The first-order chi connectivity index (χ1) is 9.13. The van der Waals surface area contributed by atoms with E-state index in [0.29, 0.717) is 32.0 Å². The number of carbonyl (C=O) groups excluding carboxylic acids is 2. The number of anilines is 1. The highest BCUT2D eigenvalue weighted by Crippen LogP contribution is 2.02. The summed E-state index contributed by atoms with van der Waals surface area (Å²) in [5, 5.41) is 6.10. The molecule has 7 nitrogen and oxygen atoms in total. The van der Waals surface area contributed by atoms with Gasteiger partial charge >= 0.3 is 0 Å². The molecule has 0 fully saturated rings. The molecule has 0 saturated carbocycles. The van der Waals surface area contributed by atoms with Crippen LogP contribution in [0.1, 0.15) is 20.3 Å². The van der Waals surface area contributed by atoms with Crippen LogP contribution in [-0.2, 0) is 14.3 Å². The highest BCUT2D eigenvalue weighted by molar-refractivity contribution is 5.93. The van der Waals surface area contributed by atoms with Crippen molar-refractivity contribution in [1.29, 1.82) is 0 Å². The fourth-order valence-corrected chi connectivity index (χ4v) is 1.48. The van der Waals surface area contributed by atoms with Gasteiger partial charge in [0.05, 0.1) is 6.54 Å². The number of rotatable bonds is 8. The molecule has 1 aromatic rings. The Morgan fingerprint density at radius 2 is 2.32 bits per heavy atom. The molecule has 0 atom stereocenters. The summed E-state index contributed by atoms with van der Waals surface area (Å²) < 4.78 is 9.79. The SMILES string of the molecule is CCOCCCN(CC(=O)Nc1ccon1)C(C)=O. The summed E-state index contributed by atoms with van der Waals surface area (Å²) in [7, 11) is 0. The van der Waals surface area contributed by atoms with Crippen LogP contribution in [0, 0.1) is 0 Å². The Balaban J connectivity index is 2.35. The molecule has 1 rings (SSSR count). The van der Waals surface area contributed by atoms with Gasteiger partial charge in [-0.05, 0) is 13.3 Å². The summed E-state index contributed by atoms with van der Waals surface area (Å²) >= 11 is 0. The fourth-order valence-electron chi connectivity index (χ4n) is 1.48. The lowest BCUT2D eigenvalue weighted by atomic mass is 10.3. The Kier molecular flexibility index (Phi) is 6.59. The van der Waals surface area contributed by atoms with Crippen LogP contribution in [0.15, 0.2) is 16.9 Å². The van der Waals surface area contributed by atoms with Crippen LogP contribution in [0.5, 0.6) is 0 Å². The third-order valence-electron chi connectivity index (χ3n) is 2.41. The Morgan fingerprint density at radius 3 is 2.89 bits per heavy atom. The summed E-state index contributed by atoms with van der Waals surface area (Å²) in [6.07, 6.45) is 2.06. The molecule has 19 heavy (non-hydrogen) atoms. The highest BCUT2D eigenvalue weighted by atomic mass is 16.5. The average molecular weight is 269 g/mol. The Bertz CT molecular complexity index is 392. The fraction of sp³-hybridized carbons (Fsp3) is 0.583. The maximum atomic E-state index is 11.7. The van der Waals surface area contributed by atoms with Gasteiger partial charge in [0.15, 0.2) is 5.82 Å². The average Bonchev–Trinajstić information content (AvgIpc) is 2.85. The van der Waals surface area contributed by atoms with Crippen molar-refractivity contribution in [3.63, 3.8) is 0 Å². The van der Waals surface area contributed by atoms with Crippen molar-refractivity contribution >= 4 is 17.6 Å². The zero-order valence-corrected chi connectivity index (χ0v) is 11.2. The second-order valence-electron chi connectivity index (χ2n) is 3.92. The lowest BCUT2D eigenvalue weighted by Gasteiger charge is -2.20. The Morgan fingerprint density at radius 1 is 1.53 bits per heavy atom. The van der Waals surface area contributed by atoms with E-state index in [4.69, 9.17) is 4.74 Å². The monoisotopic (exact) mass is 269 g/mol. The minimum atomic E-state index is -0.305. The van der Waals surface area contributed by atoms with Crippen molar-refractivity contribution in [2.45, 2.75) is 20.3 Å². The lowest BCUT2D eigenvalue weighted by molar-refractivity contribution is -0.133. The molecule has 0 aliphatic rings. The van der Waals surface area contributed by atoms with Gasteiger partial charge in [-0.25, -0.2) is 0 Å². The summed E-state index contributed by atoms with van der Waals surface area (Å²) in [6, 6.07) is 1.53. The molecule has 7 heteroatoms. The van der Waals surface area contributed by atoms with E-state index in [9.17, 15) is 9.59 Å². The zero-order chi connectivity index (χ0) is 14.1. The number of nitrogens with one attached hydrogen (secondary N) is 1. The Hall–Kier alpha value is -1.89. The minimum absolute atomic E-state index is 0.00564. The van der Waals surface area contributed by atoms with E-state index in [1.54, 1.807) is 0 Å². The molecule has 0 spiro atoms. The van der Waals surface area contributed by atoms with E-state index in [2.05, 4.69) is 15.0 Å². The third-order valence-corrected chi connectivity index (χ3v) is 2.41. The van der Waals surface area contributed by atoms with Gasteiger partial charge in [0.25, 0.3) is 0 Å². The maximum absolute atomic E-state index is 11.7. The minimum Gasteiger partial charge on any atom is -0.382 e. The number of nitrogens with zero attached hydrogens (tertiary/aromatic N) is 2. The standard InChI is InChI=1S/C12H19N3O4/c1-3-18-7-4-6-15(10(2)16)9-12(17)13-11-5-8-19-14-11/h5,8H,3-4,6-7,9H2,1-2H3,(H,13,14,17). The number of ether oxygens (including phenoxy) is 1. The second kappa shape index (κ2) is 8.25. The third kappa shape index (κ3) is 6.01. The largest absolute Gasteiger partial charge is 0.382 e. The molecule has 0 saturated heterocycles.